The largest absolute Gasteiger partial charge is 0.491 e. The van der Waals surface area contributed by atoms with Gasteiger partial charge in [0.2, 0.25) is 0 Å². The number of likely N-dealkylation sites (tertiary alicyclic amines) is 1. The number of ether oxygens (including phenoxy) is 2. The molecule has 0 bridgehead atoms. The zero-order valence-electron chi connectivity index (χ0n) is 14.6. The highest BCUT2D eigenvalue weighted by molar-refractivity contribution is 5.85. The molecule has 0 spiro atoms. The molecule has 0 aliphatic carbocycles. The lowest BCUT2D eigenvalue weighted by molar-refractivity contribution is 0.146. The number of benzene rings is 2. The van der Waals surface area contributed by atoms with Gasteiger partial charge in [-0.3, -0.25) is 4.90 Å². The van der Waals surface area contributed by atoms with Crippen LogP contribution < -0.4 is 10.5 Å². The first-order valence-electron chi connectivity index (χ1n) is 8.50. The van der Waals surface area contributed by atoms with E-state index in [9.17, 15) is 0 Å². The van der Waals surface area contributed by atoms with Crippen LogP contribution >= 0.6 is 12.4 Å². The number of halogens is 1. The Bertz CT molecular complexity index is 639. The Balaban J connectivity index is 0.00000225. The Hall–Kier alpha value is -1.59. The molecule has 0 unspecified atom stereocenters. The summed E-state index contributed by atoms with van der Waals surface area (Å²) in [5, 5.41) is 0. The van der Waals surface area contributed by atoms with Crippen molar-refractivity contribution in [3.05, 3.63) is 65.7 Å². The van der Waals surface area contributed by atoms with Crippen LogP contribution in [-0.2, 0) is 11.3 Å². The molecular weight excluding hydrogens is 336 g/mol. The Morgan fingerprint density at radius 3 is 2.60 bits per heavy atom. The molecule has 1 aliphatic rings. The van der Waals surface area contributed by atoms with Gasteiger partial charge in [0.15, 0.2) is 0 Å². The average molecular weight is 363 g/mol. The summed E-state index contributed by atoms with van der Waals surface area (Å²) in [5.41, 5.74) is 8.98. The summed E-state index contributed by atoms with van der Waals surface area (Å²) in [6.07, 6.45) is 0. The van der Waals surface area contributed by atoms with Gasteiger partial charge in [-0.15, -0.1) is 12.4 Å². The van der Waals surface area contributed by atoms with E-state index in [1.165, 1.54) is 11.1 Å². The zero-order chi connectivity index (χ0) is 16.8. The third-order valence-electron chi connectivity index (χ3n) is 4.53. The van der Waals surface area contributed by atoms with Crippen molar-refractivity contribution < 1.29 is 9.47 Å². The fraction of sp³-hybridized carbons (Fsp3) is 0.400. The topological polar surface area (TPSA) is 47.7 Å². The van der Waals surface area contributed by atoms with Crippen molar-refractivity contribution in [3.8, 4) is 5.75 Å². The van der Waals surface area contributed by atoms with E-state index >= 15 is 0 Å². The highest BCUT2D eigenvalue weighted by Crippen LogP contribution is 2.27. The number of hydrogen-bond acceptors (Lipinski definition) is 4. The summed E-state index contributed by atoms with van der Waals surface area (Å²) < 4.78 is 10.7. The molecule has 4 nitrogen and oxygen atoms in total. The van der Waals surface area contributed by atoms with Crippen molar-refractivity contribution in [2.24, 2.45) is 5.73 Å². The molecule has 25 heavy (non-hydrogen) atoms. The zero-order valence-corrected chi connectivity index (χ0v) is 15.5. The Morgan fingerprint density at radius 2 is 1.84 bits per heavy atom. The van der Waals surface area contributed by atoms with Gasteiger partial charge in [-0.2, -0.15) is 0 Å². The van der Waals surface area contributed by atoms with Crippen LogP contribution in [0.4, 0.5) is 0 Å². The summed E-state index contributed by atoms with van der Waals surface area (Å²) in [6, 6.07) is 19.1. The lowest BCUT2D eigenvalue weighted by Gasteiger charge is -2.17. The van der Waals surface area contributed by atoms with Gasteiger partial charge in [0.25, 0.3) is 0 Å². The minimum atomic E-state index is 0. The lowest BCUT2D eigenvalue weighted by Crippen LogP contribution is -2.28. The number of rotatable bonds is 7. The molecule has 1 saturated heterocycles. The van der Waals surface area contributed by atoms with Gasteiger partial charge in [-0.1, -0.05) is 42.5 Å². The van der Waals surface area contributed by atoms with Crippen molar-refractivity contribution in [1.29, 1.82) is 0 Å². The maximum absolute atomic E-state index is 6.39. The average Bonchev–Trinajstić information content (AvgIpc) is 2.96. The molecule has 136 valence electrons. The molecule has 0 saturated carbocycles. The summed E-state index contributed by atoms with van der Waals surface area (Å²) in [7, 11) is 1.68. The molecule has 1 heterocycles. The molecule has 1 aliphatic heterocycles. The maximum atomic E-state index is 6.39. The van der Waals surface area contributed by atoms with E-state index in [1.807, 2.05) is 12.1 Å². The molecular formula is C20H27ClN2O2. The number of methoxy groups -OCH3 is 1. The Kier molecular flexibility index (Phi) is 7.72. The predicted octanol–water partition coefficient (Wildman–Crippen LogP) is 3.06. The van der Waals surface area contributed by atoms with Crippen molar-refractivity contribution in [2.45, 2.75) is 18.5 Å². The minimum Gasteiger partial charge on any atom is -0.491 e. The minimum absolute atomic E-state index is 0. The molecule has 2 atom stereocenters. The molecule has 5 heteroatoms. The van der Waals surface area contributed by atoms with Gasteiger partial charge < -0.3 is 15.2 Å². The van der Waals surface area contributed by atoms with Gasteiger partial charge in [-0.25, -0.2) is 0 Å². The summed E-state index contributed by atoms with van der Waals surface area (Å²) in [6.45, 7) is 4.00. The molecule has 0 amide bonds. The van der Waals surface area contributed by atoms with Crippen LogP contribution in [-0.4, -0.2) is 44.4 Å². The van der Waals surface area contributed by atoms with Crippen LogP contribution in [0, 0.1) is 0 Å². The van der Waals surface area contributed by atoms with Gasteiger partial charge in [-0.05, 0) is 23.3 Å². The van der Waals surface area contributed by atoms with Crippen molar-refractivity contribution >= 4 is 12.4 Å². The second kappa shape index (κ2) is 9.78. The van der Waals surface area contributed by atoms with E-state index in [1.54, 1.807) is 7.11 Å². The fourth-order valence-electron chi connectivity index (χ4n) is 3.33. The molecule has 0 aromatic heterocycles. The third kappa shape index (κ3) is 5.44. The third-order valence-corrected chi connectivity index (χ3v) is 4.53. The van der Waals surface area contributed by atoms with Gasteiger partial charge in [0, 0.05) is 38.7 Å². The van der Waals surface area contributed by atoms with Crippen molar-refractivity contribution in [3.63, 3.8) is 0 Å². The summed E-state index contributed by atoms with van der Waals surface area (Å²) >= 11 is 0. The number of hydrogen-bond donors (Lipinski definition) is 1. The van der Waals surface area contributed by atoms with Crippen LogP contribution in [0.1, 0.15) is 17.0 Å². The molecule has 1 fully saturated rings. The van der Waals surface area contributed by atoms with E-state index in [0.29, 0.717) is 19.1 Å². The van der Waals surface area contributed by atoms with E-state index < -0.39 is 0 Å². The van der Waals surface area contributed by atoms with Crippen LogP contribution in [0.25, 0.3) is 0 Å². The SMILES string of the molecule is COCCOc1cccc(CN2C[C@@H](N)[C@H](c3ccccc3)C2)c1.Cl. The summed E-state index contributed by atoms with van der Waals surface area (Å²) in [4.78, 5) is 2.43. The normalized spacial score (nSPS) is 20.2. The van der Waals surface area contributed by atoms with E-state index in [4.69, 9.17) is 15.2 Å². The van der Waals surface area contributed by atoms with E-state index in [0.717, 1.165) is 25.4 Å². The van der Waals surface area contributed by atoms with E-state index in [2.05, 4.69) is 47.4 Å². The molecule has 2 N–H and O–H groups in total. The fourth-order valence-corrected chi connectivity index (χ4v) is 3.33. The van der Waals surface area contributed by atoms with Crippen LogP contribution in [0.15, 0.2) is 54.6 Å². The van der Waals surface area contributed by atoms with Crippen LogP contribution in [0.2, 0.25) is 0 Å². The highest BCUT2D eigenvalue weighted by Gasteiger charge is 2.30. The van der Waals surface area contributed by atoms with E-state index in [-0.39, 0.29) is 18.4 Å². The maximum Gasteiger partial charge on any atom is 0.119 e. The first-order valence-corrected chi connectivity index (χ1v) is 8.50. The predicted molar refractivity (Wildman–Crippen MR) is 103 cm³/mol. The van der Waals surface area contributed by atoms with Gasteiger partial charge >= 0.3 is 0 Å². The number of nitrogens with two attached hydrogens (primary N) is 1. The summed E-state index contributed by atoms with van der Waals surface area (Å²) in [5.74, 6) is 1.31. The Morgan fingerprint density at radius 1 is 1.04 bits per heavy atom. The second-order valence-electron chi connectivity index (χ2n) is 6.36. The van der Waals surface area contributed by atoms with Crippen molar-refractivity contribution in [1.82, 2.24) is 4.90 Å². The molecule has 2 aromatic rings. The van der Waals surface area contributed by atoms with Gasteiger partial charge in [0.05, 0.1) is 6.61 Å². The molecule has 3 rings (SSSR count). The second-order valence-corrected chi connectivity index (χ2v) is 6.36. The quantitative estimate of drug-likeness (QED) is 0.769. The monoisotopic (exact) mass is 362 g/mol. The highest BCUT2D eigenvalue weighted by atomic mass is 35.5. The lowest BCUT2D eigenvalue weighted by atomic mass is 9.95. The first kappa shape index (κ1) is 19.7. The standard InChI is InChI=1S/C20H26N2O2.ClH/c1-23-10-11-24-18-9-5-6-16(12-18)13-22-14-19(20(21)15-22)17-7-3-2-4-8-17;/h2-9,12,19-20H,10-11,13-15,21H2,1H3;1H/t19-,20+;/m0./s1. The Labute approximate surface area is 156 Å². The van der Waals surface area contributed by atoms with Crippen molar-refractivity contribution in [2.75, 3.05) is 33.4 Å². The first-order chi connectivity index (χ1) is 11.8. The number of nitrogens with zero attached hydrogens (tertiary/aromatic N) is 1. The molecule has 2 aromatic carbocycles. The smallest absolute Gasteiger partial charge is 0.119 e. The van der Waals surface area contributed by atoms with Crippen LogP contribution in [0.5, 0.6) is 5.75 Å². The van der Waals surface area contributed by atoms with Gasteiger partial charge in [0.1, 0.15) is 12.4 Å². The van der Waals surface area contributed by atoms with Crippen LogP contribution in [0.3, 0.4) is 0 Å². The molecule has 0 radical (unpaired) electrons.